The maximum Gasteiger partial charge on any atom is 0.246 e. The predicted octanol–water partition coefficient (Wildman–Crippen LogP) is 1.76. The molecule has 0 heterocycles. The van der Waals surface area contributed by atoms with Crippen LogP contribution in [0.2, 0.25) is 0 Å². The fourth-order valence-electron chi connectivity index (χ4n) is 0.133. The molecule has 0 aliphatic rings. The molecule has 0 spiro atoms. The van der Waals surface area contributed by atoms with Crippen LogP contribution in [0.1, 0.15) is 0 Å². The highest BCUT2D eigenvalue weighted by atomic mass is 35.5. The molecule has 1 nitrogen and oxygen atoms in total. The predicted molar refractivity (Wildman–Crippen MR) is 22.7 cm³/mol. The summed E-state index contributed by atoms with van der Waals surface area (Å²) in [6, 6.07) is 0. The van der Waals surface area contributed by atoms with Crippen LogP contribution < -0.4 is 0 Å². The molecule has 0 aliphatic carbocycles. The van der Waals surface area contributed by atoms with Gasteiger partial charge >= 0.3 is 0 Å². The zero-order chi connectivity index (χ0) is 6.57. The van der Waals surface area contributed by atoms with Gasteiger partial charge in [-0.3, -0.25) is 0 Å². The average Bonchev–Trinajstić information content (AvgIpc) is 1.67. The number of hydrogen-bond acceptors (Lipinski definition) is 1. The summed E-state index contributed by atoms with van der Waals surface area (Å²) in [5, 5.41) is 0. The van der Waals surface area contributed by atoms with Crippen LogP contribution in [0.3, 0.4) is 0 Å². The van der Waals surface area contributed by atoms with Gasteiger partial charge in [0.2, 0.25) is 12.0 Å². The Labute approximate surface area is 49.4 Å². The van der Waals surface area contributed by atoms with Crippen LogP contribution in [0.25, 0.3) is 0 Å². The Hall–Kier alpha value is 0.0400. The number of ether oxygens (including phenoxy) is 1. The van der Waals surface area contributed by atoms with Gasteiger partial charge in [0, 0.05) is 0 Å². The Kier molecular flexibility index (Phi) is 3.99. The normalized spacial score (nSPS) is 18.0. The molecule has 0 saturated heterocycles. The summed E-state index contributed by atoms with van der Waals surface area (Å²) >= 11 is 4.47. The van der Waals surface area contributed by atoms with Crippen LogP contribution in [0.5, 0.6) is 0 Å². The number of rotatable bonds is 3. The van der Waals surface area contributed by atoms with Gasteiger partial charge in [-0.2, -0.15) is 0 Å². The van der Waals surface area contributed by atoms with Gasteiger partial charge in [-0.25, -0.2) is 13.2 Å². The topological polar surface area (TPSA) is 9.23 Å². The number of hydrogen-bond donors (Lipinski definition) is 0. The Morgan fingerprint density at radius 3 is 2.12 bits per heavy atom. The van der Waals surface area contributed by atoms with E-state index in [4.69, 9.17) is 0 Å². The largest absolute Gasteiger partial charge is 0.313 e. The zero-order valence-corrected chi connectivity index (χ0v) is 4.54. The van der Waals surface area contributed by atoms with Crippen molar-refractivity contribution in [3.63, 3.8) is 0 Å². The molecule has 0 saturated carbocycles. The summed E-state index contributed by atoms with van der Waals surface area (Å²) in [6.45, 7) is -1.37. The smallest absolute Gasteiger partial charge is 0.246 e. The summed E-state index contributed by atoms with van der Waals surface area (Å²) in [5.41, 5.74) is -2.29. The van der Waals surface area contributed by atoms with Gasteiger partial charge < -0.3 is 4.74 Å². The molecule has 2 atom stereocenters. The standard InChI is InChI=1S/C3H4ClF3O/c4-2(6)3(7)8-1-5/h2-3H,1H2/t2-,3-/m0/s1. The van der Waals surface area contributed by atoms with Crippen molar-refractivity contribution in [2.75, 3.05) is 6.86 Å². The van der Waals surface area contributed by atoms with E-state index >= 15 is 0 Å². The van der Waals surface area contributed by atoms with E-state index in [1.807, 2.05) is 0 Å². The molecular formula is C3H4ClF3O. The lowest BCUT2D eigenvalue weighted by Crippen LogP contribution is -2.14. The van der Waals surface area contributed by atoms with E-state index in [0.29, 0.717) is 0 Å². The van der Waals surface area contributed by atoms with Gasteiger partial charge in [-0.05, 0) is 0 Å². The first kappa shape index (κ1) is 8.04. The van der Waals surface area contributed by atoms with Crippen LogP contribution in [-0.4, -0.2) is 18.8 Å². The lowest BCUT2D eigenvalue weighted by atomic mass is 10.8. The van der Waals surface area contributed by atoms with Gasteiger partial charge in [-0.1, -0.05) is 11.6 Å². The van der Waals surface area contributed by atoms with Crippen molar-refractivity contribution in [2.24, 2.45) is 0 Å². The number of alkyl halides is 4. The minimum atomic E-state index is -2.36. The Morgan fingerprint density at radius 1 is 1.50 bits per heavy atom. The summed E-state index contributed by atoms with van der Waals surface area (Å²) in [7, 11) is 0. The molecule has 0 N–H and O–H groups in total. The SMILES string of the molecule is FCO[C@H](F)[C@H](F)Cl. The third-order valence-corrected chi connectivity index (χ3v) is 0.618. The molecule has 0 fully saturated rings. The van der Waals surface area contributed by atoms with Crippen molar-refractivity contribution < 1.29 is 17.9 Å². The monoisotopic (exact) mass is 148 g/mol. The quantitative estimate of drug-likeness (QED) is 0.554. The Balaban J connectivity index is 3.17. The Bertz CT molecular complexity index is 60.5. The summed E-state index contributed by atoms with van der Waals surface area (Å²) in [4.78, 5) is 0. The van der Waals surface area contributed by atoms with Gasteiger partial charge in [0.05, 0.1) is 0 Å². The molecule has 8 heavy (non-hydrogen) atoms. The molecule has 0 unspecified atom stereocenters. The third kappa shape index (κ3) is 3.10. The van der Waals surface area contributed by atoms with Crippen molar-refractivity contribution >= 4 is 11.6 Å². The first-order valence-electron chi connectivity index (χ1n) is 1.78. The van der Waals surface area contributed by atoms with Crippen molar-refractivity contribution in [1.82, 2.24) is 0 Å². The van der Waals surface area contributed by atoms with Crippen LogP contribution in [-0.2, 0) is 4.74 Å². The Morgan fingerprint density at radius 2 is 2.00 bits per heavy atom. The summed E-state index contributed by atoms with van der Waals surface area (Å²) in [5.74, 6) is 0. The number of halogens is 4. The van der Waals surface area contributed by atoms with Gasteiger partial charge in [-0.15, -0.1) is 0 Å². The second-order valence-corrected chi connectivity index (χ2v) is 1.38. The minimum absolute atomic E-state index is 1.37. The van der Waals surface area contributed by atoms with E-state index in [2.05, 4.69) is 16.3 Å². The molecule has 0 amide bonds. The molecule has 0 aromatic rings. The molecule has 0 aliphatic heterocycles. The highest BCUT2D eigenvalue weighted by molar-refractivity contribution is 6.19. The highest BCUT2D eigenvalue weighted by Crippen LogP contribution is 2.08. The molecule has 50 valence electrons. The van der Waals surface area contributed by atoms with Crippen LogP contribution >= 0.6 is 11.6 Å². The molecule has 5 heteroatoms. The van der Waals surface area contributed by atoms with Gasteiger partial charge in [0.15, 0.2) is 6.86 Å². The second kappa shape index (κ2) is 3.97. The van der Waals surface area contributed by atoms with E-state index in [1.54, 1.807) is 0 Å². The minimum Gasteiger partial charge on any atom is -0.313 e. The molecular weight excluding hydrogens is 144 g/mol. The zero-order valence-electron chi connectivity index (χ0n) is 3.78. The maximum absolute atomic E-state index is 11.6. The van der Waals surface area contributed by atoms with E-state index in [1.165, 1.54) is 0 Å². The van der Waals surface area contributed by atoms with E-state index < -0.39 is 18.8 Å². The second-order valence-electron chi connectivity index (χ2n) is 0.961. The van der Waals surface area contributed by atoms with E-state index in [0.717, 1.165) is 0 Å². The lowest BCUT2D eigenvalue weighted by molar-refractivity contribution is -0.0967. The molecule has 0 bridgehead atoms. The third-order valence-electron chi connectivity index (χ3n) is 0.420. The van der Waals surface area contributed by atoms with Gasteiger partial charge in [0.1, 0.15) is 0 Å². The first-order chi connectivity index (χ1) is 3.68. The fourth-order valence-corrected chi connectivity index (χ4v) is 0.206. The van der Waals surface area contributed by atoms with Gasteiger partial charge in [0.25, 0.3) is 0 Å². The lowest BCUT2D eigenvalue weighted by Gasteiger charge is -2.03. The van der Waals surface area contributed by atoms with E-state index in [9.17, 15) is 13.2 Å². The summed E-state index contributed by atoms with van der Waals surface area (Å²) < 4.78 is 37.3. The fraction of sp³-hybridized carbons (Fsp3) is 1.00. The van der Waals surface area contributed by atoms with Crippen molar-refractivity contribution in [2.45, 2.75) is 12.0 Å². The van der Waals surface area contributed by atoms with Crippen molar-refractivity contribution in [3.8, 4) is 0 Å². The highest BCUT2D eigenvalue weighted by Gasteiger charge is 2.16. The summed E-state index contributed by atoms with van der Waals surface area (Å²) in [6.07, 6.45) is -2.36. The van der Waals surface area contributed by atoms with Crippen molar-refractivity contribution in [3.05, 3.63) is 0 Å². The van der Waals surface area contributed by atoms with E-state index in [-0.39, 0.29) is 0 Å². The molecule has 0 aromatic heterocycles. The average molecular weight is 149 g/mol. The van der Waals surface area contributed by atoms with Crippen LogP contribution in [0.4, 0.5) is 13.2 Å². The van der Waals surface area contributed by atoms with Crippen LogP contribution in [0.15, 0.2) is 0 Å². The first-order valence-corrected chi connectivity index (χ1v) is 2.22. The molecule has 0 aromatic carbocycles. The van der Waals surface area contributed by atoms with Crippen molar-refractivity contribution in [1.29, 1.82) is 0 Å². The van der Waals surface area contributed by atoms with Crippen LogP contribution in [0, 0.1) is 0 Å². The molecule has 0 radical (unpaired) electrons. The molecule has 0 rings (SSSR count). The maximum atomic E-state index is 11.6.